The van der Waals surface area contributed by atoms with Gasteiger partial charge in [0.15, 0.2) is 33.9 Å². The third kappa shape index (κ3) is 2.70. The van der Waals surface area contributed by atoms with Crippen molar-refractivity contribution in [1.29, 1.82) is 0 Å². The van der Waals surface area contributed by atoms with Gasteiger partial charge in [-0.25, -0.2) is 17.6 Å². The quantitative estimate of drug-likeness (QED) is 0.162. The fourth-order valence-electron chi connectivity index (χ4n) is 1.25. The van der Waals surface area contributed by atoms with Gasteiger partial charge in [0.1, 0.15) is 0 Å². The average Bonchev–Trinajstić information content (AvgIpc) is 2.32. The van der Waals surface area contributed by atoms with Crippen molar-refractivity contribution in [3.8, 4) is 0 Å². The van der Waals surface area contributed by atoms with E-state index in [0.29, 0.717) is 0 Å². The highest BCUT2D eigenvalue weighted by atomic mass is 32.3. The Kier molecular flexibility index (Phi) is 4.30. The molecule has 0 aliphatic rings. The Morgan fingerprint density at radius 1 is 1.10 bits per heavy atom. The molecule has 0 saturated heterocycles. The Labute approximate surface area is 107 Å². The molecule has 108 valence electrons. The van der Waals surface area contributed by atoms with Crippen molar-refractivity contribution < 1.29 is 34.7 Å². The minimum atomic E-state index is -6.09. The Hall–Kier alpha value is -2.20. The first-order valence-electron chi connectivity index (χ1n) is 4.47. The molecule has 0 bridgehead atoms. The van der Waals surface area contributed by atoms with E-state index in [-0.39, 0.29) is 0 Å². The van der Waals surface area contributed by atoms with Crippen molar-refractivity contribution in [2.75, 3.05) is 6.54 Å². The smallest absolute Gasteiger partial charge is 0.294 e. The number of ketones is 1. The normalized spacial score (nSPS) is 11.1. The molecule has 0 spiro atoms. The average molecular weight is 315 g/mol. The third-order valence-corrected chi connectivity index (χ3v) is 2.87. The lowest BCUT2D eigenvalue weighted by Crippen LogP contribution is -2.16. The van der Waals surface area contributed by atoms with E-state index in [1.165, 1.54) is 0 Å². The van der Waals surface area contributed by atoms with Crippen molar-refractivity contribution in [3.05, 3.63) is 39.3 Å². The van der Waals surface area contributed by atoms with Crippen molar-refractivity contribution in [2.45, 2.75) is 4.90 Å². The summed E-state index contributed by atoms with van der Waals surface area (Å²) in [4.78, 5) is 10.8. The maximum atomic E-state index is 13.3. The molecule has 12 heteroatoms. The van der Waals surface area contributed by atoms with E-state index in [1.54, 1.807) is 0 Å². The Morgan fingerprint density at radius 3 is 1.90 bits per heavy atom. The minimum absolute atomic E-state index is 1.18. The fraction of sp³-hybridized carbons (Fsp3) is 0.125. The zero-order chi connectivity index (χ0) is 15.7. The summed E-state index contributed by atoms with van der Waals surface area (Å²) in [6.45, 7) is -1.18. The van der Waals surface area contributed by atoms with E-state index in [1.807, 2.05) is 0 Å². The summed E-state index contributed by atoms with van der Waals surface area (Å²) in [6.07, 6.45) is 0. The highest BCUT2D eigenvalue weighted by Crippen LogP contribution is 2.29. The summed E-state index contributed by atoms with van der Waals surface area (Å²) in [7, 11) is -6.09. The number of halogens is 5. The molecule has 0 saturated carbocycles. The standard InChI is InChI=1S/C8H2F5N3O3S/c9-4-3(2(17)1-15-16-14)5(10)7(12)8(6(4)11)20(13,18)19/h1H2. The number of nitrogens with zero attached hydrogens (tertiary/aromatic N) is 3. The zero-order valence-electron chi connectivity index (χ0n) is 9.07. The van der Waals surface area contributed by atoms with Crippen LogP contribution in [0, 0.1) is 23.3 Å². The van der Waals surface area contributed by atoms with Crippen LogP contribution in [0.5, 0.6) is 0 Å². The molecule has 0 radical (unpaired) electrons. The van der Waals surface area contributed by atoms with Crippen LogP contribution in [-0.4, -0.2) is 20.7 Å². The molecular formula is C8H2F5N3O3S. The molecule has 0 heterocycles. The summed E-state index contributed by atoms with van der Waals surface area (Å²) in [5.74, 6) is -11.6. The van der Waals surface area contributed by atoms with Gasteiger partial charge in [-0.3, -0.25) is 4.79 Å². The Morgan fingerprint density at radius 2 is 1.55 bits per heavy atom. The van der Waals surface area contributed by atoms with Crippen molar-refractivity contribution in [1.82, 2.24) is 0 Å². The van der Waals surface area contributed by atoms with E-state index in [2.05, 4.69) is 10.0 Å². The summed E-state index contributed by atoms with van der Waals surface area (Å²) in [5, 5.41) is 2.62. The number of hydrogen-bond acceptors (Lipinski definition) is 4. The summed E-state index contributed by atoms with van der Waals surface area (Å²) in [5.41, 5.74) is 6.10. The molecule has 0 aliphatic heterocycles. The molecule has 1 rings (SSSR count). The number of hydrogen-bond donors (Lipinski definition) is 0. The van der Waals surface area contributed by atoms with E-state index in [9.17, 15) is 34.7 Å². The minimum Gasteiger partial charge on any atom is -0.294 e. The second-order valence-corrected chi connectivity index (χ2v) is 4.49. The SMILES string of the molecule is [N-]=[N+]=NCC(=O)c1c(F)c(F)c(S(=O)(=O)F)c(F)c1F. The monoisotopic (exact) mass is 315 g/mol. The second kappa shape index (κ2) is 5.43. The number of benzene rings is 1. The van der Waals surface area contributed by atoms with Crippen LogP contribution in [0.4, 0.5) is 21.4 Å². The van der Waals surface area contributed by atoms with Gasteiger partial charge in [0, 0.05) is 4.91 Å². The van der Waals surface area contributed by atoms with Crippen molar-refractivity contribution in [3.63, 3.8) is 0 Å². The number of carbonyl (C=O) groups excluding carboxylic acids is 1. The molecule has 0 amide bonds. The lowest BCUT2D eigenvalue weighted by molar-refractivity contribution is 0.0990. The summed E-state index contributed by atoms with van der Waals surface area (Å²) >= 11 is 0. The second-order valence-electron chi connectivity index (χ2n) is 3.21. The zero-order valence-corrected chi connectivity index (χ0v) is 9.89. The fourth-order valence-corrected chi connectivity index (χ4v) is 1.85. The molecule has 0 aliphatic carbocycles. The summed E-state index contributed by atoms with van der Waals surface area (Å²) < 4.78 is 86.5. The van der Waals surface area contributed by atoms with E-state index in [0.717, 1.165) is 0 Å². The molecule has 6 nitrogen and oxygen atoms in total. The van der Waals surface area contributed by atoms with E-state index < -0.39 is 56.3 Å². The topological polar surface area (TPSA) is 100.0 Å². The number of carbonyl (C=O) groups is 1. The molecule has 1 aromatic rings. The number of rotatable bonds is 4. The van der Waals surface area contributed by atoms with Crippen molar-refractivity contribution >= 4 is 16.0 Å². The maximum absolute atomic E-state index is 13.3. The van der Waals surface area contributed by atoms with Gasteiger partial charge in [-0.05, 0) is 5.53 Å². The van der Waals surface area contributed by atoms with Crippen LogP contribution in [-0.2, 0) is 10.2 Å². The lowest BCUT2D eigenvalue weighted by Gasteiger charge is -2.08. The van der Waals surface area contributed by atoms with Crippen LogP contribution in [0.1, 0.15) is 10.4 Å². The van der Waals surface area contributed by atoms with Gasteiger partial charge in [0.2, 0.25) is 0 Å². The van der Waals surface area contributed by atoms with Crippen LogP contribution in [0.2, 0.25) is 0 Å². The highest BCUT2D eigenvalue weighted by molar-refractivity contribution is 7.86. The van der Waals surface area contributed by atoms with Crippen LogP contribution in [0.25, 0.3) is 10.4 Å². The van der Waals surface area contributed by atoms with Gasteiger partial charge in [0.25, 0.3) is 0 Å². The summed E-state index contributed by atoms with van der Waals surface area (Å²) in [6, 6.07) is 0. The Bertz CT molecular complexity index is 713. The molecule has 0 unspecified atom stereocenters. The van der Waals surface area contributed by atoms with Gasteiger partial charge in [-0.1, -0.05) is 5.11 Å². The molecule has 20 heavy (non-hydrogen) atoms. The predicted octanol–water partition coefficient (Wildman–Crippen LogP) is 2.39. The van der Waals surface area contributed by atoms with E-state index >= 15 is 0 Å². The number of Topliss-reactive ketones (excluding diaryl/α,β-unsaturated/α-hetero) is 1. The molecule has 0 N–H and O–H groups in total. The third-order valence-electron chi connectivity index (χ3n) is 2.02. The van der Waals surface area contributed by atoms with Crippen molar-refractivity contribution in [2.24, 2.45) is 5.11 Å². The van der Waals surface area contributed by atoms with Crippen LogP contribution < -0.4 is 0 Å². The van der Waals surface area contributed by atoms with Gasteiger partial charge in [-0.2, -0.15) is 8.42 Å². The van der Waals surface area contributed by atoms with Gasteiger partial charge >= 0.3 is 10.2 Å². The van der Waals surface area contributed by atoms with Gasteiger partial charge < -0.3 is 0 Å². The maximum Gasteiger partial charge on any atom is 0.338 e. The first-order valence-corrected chi connectivity index (χ1v) is 5.86. The lowest BCUT2D eigenvalue weighted by atomic mass is 10.1. The van der Waals surface area contributed by atoms with Gasteiger partial charge in [-0.15, -0.1) is 3.89 Å². The number of azide groups is 1. The predicted molar refractivity (Wildman–Crippen MR) is 52.9 cm³/mol. The highest BCUT2D eigenvalue weighted by Gasteiger charge is 2.34. The molecular weight excluding hydrogens is 313 g/mol. The Balaban J connectivity index is 3.69. The van der Waals surface area contributed by atoms with Crippen LogP contribution >= 0.6 is 0 Å². The van der Waals surface area contributed by atoms with Crippen LogP contribution in [0.15, 0.2) is 10.0 Å². The van der Waals surface area contributed by atoms with E-state index in [4.69, 9.17) is 5.53 Å². The molecule has 1 aromatic carbocycles. The molecule has 0 aromatic heterocycles. The first-order chi connectivity index (χ1) is 9.12. The van der Waals surface area contributed by atoms with Gasteiger partial charge in [0.05, 0.1) is 12.1 Å². The molecule has 0 atom stereocenters. The first kappa shape index (κ1) is 15.9. The largest absolute Gasteiger partial charge is 0.338 e. The van der Waals surface area contributed by atoms with Crippen LogP contribution in [0.3, 0.4) is 0 Å². The molecule has 0 fully saturated rings.